The first-order valence-corrected chi connectivity index (χ1v) is 4.54. The third-order valence-corrected chi connectivity index (χ3v) is 1.90. The minimum absolute atomic E-state index is 0.136. The summed E-state index contributed by atoms with van der Waals surface area (Å²) in [6, 6.07) is 12.8. The van der Waals surface area contributed by atoms with Crippen LogP contribution in [0.4, 0.5) is 4.39 Å². The molecule has 0 unspecified atom stereocenters. The van der Waals surface area contributed by atoms with Crippen molar-refractivity contribution in [1.82, 2.24) is 4.98 Å². The van der Waals surface area contributed by atoms with E-state index < -0.39 is 0 Å². The van der Waals surface area contributed by atoms with Gasteiger partial charge >= 0.3 is 0 Å². The van der Waals surface area contributed by atoms with Crippen LogP contribution in [0, 0.1) is 11.9 Å². The molecule has 0 fully saturated rings. The number of benzene rings is 1. The third kappa shape index (κ3) is 2.53. The van der Waals surface area contributed by atoms with Crippen LogP contribution in [-0.4, -0.2) is 4.98 Å². The van der Waals surface area contributed by atoms with Crippen molar-refractivity contribution >= 4 is 0 Å². The quantitative estimate of drug-likeness (QED) is 0.763. The molecule has 0 amide bonds. The van der Waals surface area contributed by atoms with Crippen LogP contribution in [-0.2, 0) is 6.61 Å². The van der Waals surface area contributed by atoms with Gasteiger partial charge in [0.05, 0.1) is 0 Å². The average molecular weight is 202 g/mol. The summed E-state index contributed by atoms with van der Waals surface area (Å²) in [6.45, 7) is 0.136. The van der Waals surface area contributed by atoms with Gasteiger partial charge in [-0.25, -0.2) is 4.39 Å². The minimum atomic E-state index is -0.347. The summed E-state index contributed by atoms with van der Waals surface area (Å²) < 4.78 is 18.5. The fourth-order valence-electron chi connectivity index (χ4n) is 1.14. The van der Waals surface area contributed by atoms with Crippen LogP contribution in [0.5, 0.6) is 5.75 Å². The van der Waals surface area contributed by atoms with E-state index >= 15 is 0 Å². The van der Waals surface area contributed by atoms with E-state index in [1.54, 1.807) is 36.5 Å². The van der Waals surface area contributed by atoms with Crippen LogP contribution >= 0.6 is 0 Å². The zero-order chi connectivity index (χ0) is 10.5. The molecule has 0 N–H and O–H groups in total. The predicted molar refractivity (Wildman–Crippen MR) is 53.8 cm³/mol. The van der Waals surface area contributed by atoms with Crippen LogP contribution in [0.3, 0.4) is 0 Å². The highest BCUT2D eigenvalue weighted by atomic mass is 19.1. The molecule has 2 aromatic rings. The summed E-state index contributed by atoms with van der Waals surface area (Å²) in [4.78, 5) is 3.89. The maximum Gasteiger partial charge on any atom is 0.148 e. The van der Waals surface area contributed by atoms with Crippen LogP contribution in [0.2, 0.25) is 0 Å². The maximum absolute atomic E-state index is 13.1. The van der Waals surface area contributed by atoms with Gasteiger partial charge in [0.15, 0.2) is 0 Å². The zero-order valence-electron chi connectivity index (χ0n) is 7.98. The molecule has 0 saturated carbocycles. The largest absolute Gasteiger partial charge is 0.487 e. The smallest absolute Gasteiger partial charge is 0.148 e. The highest BCUT2D eigenvalue weighted by Gasteiger charge is 2.02. The average Bonchev–Trinajstić information content (AvgIpc) is 2.29. The zero-order valence-corrected chi connectivity index (χ0v) is 7.98. The first kappa shape index (κ1) is 9.65. The first-order valence-electron chi connectivity index (χ1n) is 4.54. The lowest BCUT2D eigenvalue weighted by atomic mass is 10.3. The molecule has 0 atom stereocenters. The normalized spacial score (nSPS) is 9.93. The number of nitrogens with zero attached hydrogens (tertiary/aromatic N) is 1. The summed E-state index contributed by atoms with van der Waals surface area (Å²) in [6.07, 6.45) is 1.54. The van der Waals surface area contributed by atoms with Gasteiger partial charge < -0.3 is 4.74 Å². The second-order valence-corrected chi connectivity index (χ2v) is 2.96. The second kappa shape index (κ2) is 4.55. The lowest BCUT2D eigenvalue weighted by Crippen LogP contribution is -2.00. The van der Waals surface area contributed by atoms with E-state index in [0.717, 1.165) is 0 Å². The summed E-state index contributed by atoms with van der Waals surface area (Å²) >= 11 is 0. The third-order valence-electron chi connectivity index (χ3n) is 1.90. The van der Waals surface area contributed by atoms with Gasteiger partial charge in [-0.3, -0.25) is 4.98 Å². The van der Waals surface area contributed by atoms with E-state index in [1.807, 2.05) is 0 Å². The van der Waals surface area contributed by atoms with Gasteiger partial charge in [0.25, 0.3) is 0 Å². The Kier molecular flexibility index (Phi) is 2.93. The van der Waals surface area contributed by atoms with E-state index in [1.165, 1.54) is 6.07 Å². The number of hydrogen-bond donors (Lipinski definition) is 0. The van der Waals surface area contributed by atoms with E-state index in [-0.39, 0.29) is 12.4 Å². The summed E-state index contributed by atoms with van der Waals surface area (Å²) in [7, 11) is 0. The fraction of sp³-hybridized carbons (Fsp3) is 0.0833. The van der Waals surface area contributed by atoms with Gasteiger partial charge in [-0.15, -0.1) is 0 Å². The molecule has 0 aliphatic carbocycles. The Labute approximate surface area is 87.4 Å². The topological polar surface area (TPSA) is 22.1 Å². The van der Waals surface area contributed by atoms with Crippen molar-refractivity contribution in [3.8, 4) is 5.75 Å². The molecule has 1 heterocycles. The Morgan fingerprint density at radius 2 is 2.07 bits per heavy atom. The maximum atomic E-state index is 13.1. The Morgan fingerprint density at radius 3 is 2.80 bits per heavy atom. The fourth-order valence-corrected chi connectivity index (χ4v) is 1.14. The number of halogens is 1. The van der Waals surface area contributed by atoms with Crippen molar-refractivity contribution in [2.45, 2.75) is 6.61 Å². The number of rotatable bonds is 3. The molecule has 1 aromatic heterocycles. The molecule has 0 spiro atoms. The molecule has 0 aliphatic heterocycles. The Hall–Kier alpha value is -1.90. The van der Waals surface area contributed by atoms with Gasteiger partial charge in [-0.2, -0.15) is 0 Å². The molecule has 0 saturated heterocycles. The van der Waals surface area contributed by atoms with Gasteiger partial charge in [-0.05, 0) is 30.3 Å². The Bertz CT molecular complexity index is 431. The van der Waals surface area contributed by atoms with Gasteiger partial charge in [0.2, 0.25) is 0 Å². The lowest BCUT2D eigenvalue weighted by molar-refractivity contribution is 0.294. The molecule has 1 radical (unpaired) electrons. The Morgan fingerprint density at radius 1 is 1.27 bits per heavy atom. The van der Waals surface area contributed by atoms with Crippen LogP contribution in [0.25, 0.3) is 0 Å². The number of hydrogen-bond acceptors (Lipinski definition) is 2. The van der Waals surface area contributed by atoms with Crippen LogP contribution < -0.4 is 4.74 Å². The molecule has 2 nitrogen and oxygen atoms in total. The van der Waals surface area contributed by atoms with Crippen molar-refractivity contribution in [3.05, 3.63) is 60.2 Å². The minimum Gasteiger partial charge on any atom is -0.487 e. The number of aromatic nitrogens is 1. The number of pyridine rings is 1. The van der Waals surface area contributed by atoms with E-state index in [2.05, 4.69) is 11.1 Å². The molecule has 15 heavy (non-hydrogen) atoms. The summed E-state index contributed by atoms with van der Waals surface area (Å²) in [5.74, 6) is 0.332. The summed E-state index contributed by atoms with van der Waals surface area (Å²) in [5.41, 5.74) is 0.310. The second-order valence-electron chi connectivity index (χ2n) is 2.96. The molecule has 0 aliphatic rings. The van der Waals surface area contributed by atoms with E-state index in [4.69, 9.17) is 4.74 Å². The number of ether oxygens (including phenoxy) is 1. The molecule has 1 aromatic carbocycles. The van der Waals surface area contributed by atoms with E-state index in [9.17, 15) is 4.39 Å². The monoisotopic (exact) mass is 202 g/mol. The van der Waals surface area contributed by atoms with Crippen LogP contribution in [0.1, 0.15) is 5.69 Å². The van der Waals surface area contributed by atoms with Crippen molar-refractivity contribution in [3.63, 3.8) is 0 Å². The standard InChI is InChI=1S/C12H9FNO/c13-11-7-4-8-14-12(11)9-15-10-5-2-1-3-6-10/h2-8H,9H2. The van der Waals surface area contributed by atoms with Gasteiger partial charge in [0.1, 0.15) is 23.9 Å². The van der Waals surface area contributed by atoms with Gasteiger partial charge in [0, 0.05) is 6.20 Å². The molecule has 75 valence electrons. The Balaban J connectivity index is 2.03. The molecular weight excluding hydrogens is 193 g/mol. The molecule has 2 rings (SSSR count). The SMILES string of the molecule is Fc1cccnc1COc1cc[c]cc1. The highest BCUT2D eigenvalue weighted by Crippen LogP contribution is 2.11. The van der Waals surface area contributed by atoms with Gasteiger partial charge in [-0.1, -0.05) is 12.1 Å². The molecule has 0 bridgehead atoms. The van der Waals surface area contributed by atoms with Crippen molar-refractivity contribution in [2.75, 3.05) is 0 Å². The molecule has 3 heteroatoms. The van der Waals surface area contributed by atoms with Crippen molar-refractivity contribution in [2.24, 2.45) is 0 Å². The lowest BCUT2D eigenvalue weighted by Gasteiger charge is -2.05. The highest BCUT2D eigenvalue weighted by molar-refractivity contribution is 5.20. The van der Waals surface area contributed by atoms with Crippen molar-refractivity contribution < 1.29 is 9.13 Å². The summed E-state index contributed by atoms with van der Waals surface area (Å²) in [5, 5.41) is 0. The van der Waals surface area contributed by atoms with Crippen molar-refractivity contribution in [1.29, 1.82) is 0 Å². The van der Waals surface area contributed by atoms with Crippen LogP contribution in [0.15, 0.2) is 42.6 Å². The predicted octanol–water partition coefficient (Wildman–Crippen LogP) is 2.60. The molecular formula is C12H9FNO. The van der Waals surface area contributed by atoms with E-state index in [0.29, 0.717) is 11.4 Å². The first-order chi connectivity index (χ1) is 7.36.